The molecular weight excluding hydrogens is 234 g/mol. The predicted octanol–water partition coefficient (Wildman–Crippen LogP) is 3.00. The number of rotatable bonds is 3. The third-order valence-corrected chi connectivity index (χ3v) is 3.06. The first kappa shape index (κ1) is 11.7. The molecule has 1 heterocycles. The van der Waals surface area contributed by atoms with Gasteiger partial charge in [-0.05, 0) is 18.2 Å². The molecule has 0 atom stereocenters. The summed E-state index contributed by atoms with van der Waals surface area (Å²) in [5.74, 6) is 0. The van der Waals surface area contributed by atoms with Crippen LogP contribution in [0.4, 0.5) is 0 Å². The van der Waals surface area contributed by atoms with Crippen molar-refractivity contribution >= 4 is 0 Å². The molecule has 0 aliphatic heterocycles. The van der Waals surface area contributed by atoms with E-state index in [1.165, 1.54) is 0 Å². The summed E-state index contributed by atoms with van der Waals surface area (Å²) in [5, 5.41) is 4.66. The molecule has 0 unspecified atom stereocenters. The van der Waals surface area contributed by atoms with Crippen LogP contribution in [0, 0.1) is 0 Å². The van der Waals surface area contributed by atoms with Crippen molar-refractivity contribution in [3.63, 3.8) is 0 Å². The lowest BCUT2D eigenvalue weighted by Gasteiger charge is -2.04. The number of nitrogens with zero attached hydrogens (tertiary/aromatic N) is 2. The van der Waals surface area contributed by atoms with Crippen LogP contribution in [0.5, 0.6) is 0 Å². The van der Waals surface area contributed by atoms with Gasteiger partial charge in [-0.25, -0.2) is 4.68 Å². The van der Waals surface area contributed by atoms with E-state index in [2.05, 4.69) is 17.2 Å². The monoisotopic (exact) mass is 249 g/mol. The Hall–Kier alpha value is -2.39. The summed E-state index contributed by atoms with van der Waals surface area (Å²) in [6.45, 7) is 0.467. The molecule has 3 nitrogen and oxygen atoms in total. The van der Waals surface area contributed by atoms with Crippen molar-refractivity contribution in [2.45, 2.75) is 6.54 Å². The summed E-state index contributed by atoms with van der Waals surface area (Å²) in [4.78, 5) is 0. The van der Waals surface area contributed by atoms with Gasteiger partial charge in [-0.1, -0.05) is 48.5 Å². The highest BCUT2D eigenvalue weighted by molar-refractivity contribution is 5.59. The maximum absolute atomic E-state index is 5.82. The number of nitrogens with two attached hydrogens (primary N) is 1. The molecule has 0 bridgehead atoms. The molecule has 19 heavy (non-hydrogen) atoms. The van der Waals surface area contributed by atoms with Crippen molar-refractivity contribution in [1.82, 2.24) is 9.78 Å². The Morgan fingerprint density at radius 3 is 2.16 bits per heavy atom. The lowest BCUT2D eigenvalue weighted by atomic mass is 10.1. The van der Waals surface area contributed by atoms with Gasteiger partial charge in [0.25, 0.3) is 0 Å². The summed E-state index contributed by atoms with van der Waals surface area (Å²) in [6, 6.07) is 22.2. The van der Waals surface area contributed by atoms with Crippen LogP contribution < -0.4 is 5.73 Å². The molecule has 2 N–H and O–H groups in total. The standard InChI is InChI=1S/C16H15N3/c17-12-15-11-16(13-7-3-1-4-8-13)18-19(15)14-9-5-2-6-10-14/h1-11H,12,17H2. The molecule has 0 radical (unpaired) electrons. The first-order valence-corrected chi connectivity index (χ1v) is 6.28. The highest BCUT2D eigenvalue weighted by Crippen LogP contribution is 2.21. The summed E-state index contributed by atoms with van der Waals surface area (Å²) >= 11 is 0. The quantitative estimate of drug-likeness (QED) is 0.775. The summed E-state index contributed by atoms with van der Waals surface area (Å²) in [6.07, 6.45) is 0. The minimum atomic E-state index is 0.467. The highest BCUT2D eigenvalue weighted by Gasteiger charge is 2.09. The maximum Gasteiger partial charge on any atom is 0.0931 e. The molecule has 0 aliphatic rings. The molecule has 94 valence electrons. The second kappa shape index (κ2) is 5.08. The Labute approximate surface area is 112 Å². The minimum Gasteiger partial charge on any atom is -0.325 e. The Morgan fingerprint density at radius 2 is 1.53 bits per heavy atom. The summed E-state index contributed by atoms with van der Waals surface area (Å²) < 4.78 is 1.91. The first-order valence-electron chi connectivity index (χ1n) is 6.28. The van der Waals surface area contributed by atoms with Crippen LogP contribution >= 0.6 is 0 Å². The van der Waals surface area contributed by atoms with Crippen molar-refractivity contribution < 1.29 is 0 Å². The van der Waals surface area contributed by atoms with Crippen molar-refractivity contribution in [2.24, 2.45) is 5.73 Å². The lowest BCUT2D eigenvalue weighted by molar-refractivity contribution is 0.806. The molecule has 1 aromatic heterocycles. The number of para-hydroxylation sites is 1. The van der Waals surface area contributed by atoms with E-state index in [1.54, 1.807) is 0 Å². The van der Waals surface area contributed by atoms with E-state index < -0.39 is 0 Å². The number of hydrogen-bond donors (Lipinski definition) is 1. The number of hydrogen-bond acceptors (Lipinski definition) is 2. The van der Waals surface area contributed by atoms with Crippen LogP contribution in [0.1, 0.15) is 5.69 Å². The zero-order valence-electron chi connectivity index (χ0n) is 10.5. The molecule has 0 amide bonds. The Balaban J connectivity index is 2.09. The van der Waals surface area contributed by atoms with E-state index in [4.69, 9.17) is 5.73 Å². The molecule has 3 rings (SSSR count). The van der Waals surface area contributed by atoms with Gasteiger partial charge in [0, 0.05) is 12.1 Å². The van der Waals surface area contributed by atoms with Crippen molar-refractivity contribution in [2.75, 3.05) is 0 Å². The lowest BCUT2D eigenvalue weighted by Crippen LogP contribution is -2.06. The van der Waals surface area contributed by atoms with Gasteiger partial charge in [0.2, 0.25) is 0 Å². The Bertz CT molecular complexity index is 657. The normalized spacial score (nSPS) is 10.6. The third-order valence-electron chi connectivity index (χ3n) is 3.06. The molecular formula is C16H15N3. The van der Waals surface area contributed by atoms with Crippen molar-refractivity contribution in [1.29, 1.82) is 0 Å². The third kappa shape index (κ3) is 2.28. The van der Waals surface area contributed by atoms with Crippen LogP contribution in [0.25, 0.3) is 16.9 Å². The minimum absolute atomic E-state index is 0.467. The smallest absolute Gasteiger partial charge is 0.0931 e. The van der Waals surface area contributed by atoms with E-state index in [-0.39, 0.29) is 0 Å². The number of benzene rings is 2. The first-order chi connectivity index (χ1) is 9.38. The molecule has 2 aromatic carbocycles. The second-order valence-corrected chi connectivity index (χ2v) is 4.34. The van der Waals surface area contributed by atoms with E-state index in [0.29, 0.717) is 6.54 Å². The van der Waals surface area contributed by atoms with Gasteiger partial charge in [0.15, 0.2) is 0 Å². The molecule has 0 spiro atoms. The average Bonchev–Trinajstić information content (AvgIpc) is 2.93. The molecule has 3 heteroatoms. The fourth-order valence-electron chi connectivity index (χ4n) is 2.11. The van der Waals surface area contributed by atoms with Gasteiger partial charge in [0.1, 0.15) is 0 Å². The van der Waals surface area contributed by atoms with Crippen molar-refractivity contribution in [3.8, 4) is 16.9 Å². The van der Waals surface area contributed by atoms with E-state index in [0.717, 1.165) is 22.6 Å². The second-order valence-electron chi connectivity index (χ2n) is 4.34. The molecule has 0 saturated carbocycles. The fourth-order valence-corrected chi connectivity index (χ4v) is 2.11. The average molecular weight is 249 g/mol. The van der Waals surface area contributed by atoms with Crippen molar-refractivity contribution in [3.05, 3.63) is 72.4 Å². The molecule has 0 saturated heterocycles. The van der Waals surface area contributed by atoms with Gasteiger partial charge in [-0.3, -0.25) is 0 Å². The van der Waals surface area contributed by atoms with Gasteiger partial charge in [-0.15, -0.1) is 0 Å². The van der Waals surface area contributed by atoms with Crippen LogP contribution in [-0.4, -0.2) is 9.78 Å². The zero-order chi connectivity index (χ0) is 13.1. The summed E-state index contributed by atoms with van der Waals surface area (Å²) in [7, 11) is 0. The van der Waals surface area contributed by atoms with Gasteiger partial charge < -0.3 is 5.73 Å². The van der Waals surface area contributed by atoms with Crippen LogP contribution in [-0.2, 0) is 6.54 Å². The summed E-state index contributed by atoms with van der Waals surface area (Å²) in [5.41, 5.74) is 9.91. The van der Waals surface area contributed by atoms with E-state index in [1.807, 2.05) is 59.3 Å². The predicted molar refractivity (Wildman–Crippen MR) is 76.9 cm³/mol. The van der Waals surface area contributed by atoms with Gasteiger partial charge >= 0.3 is 0 Å². The molecule has 0 fully saturated rings. The van der Waals surface area contributed by atoms with Gasteiger partial charge in [-0.2, -0.15) is 5.10 Å². The van der Waals surface area contributed by atoms with Crippen LogP contribution in [0.15, 0.2) is 66.7 Å². The molecule has 0 aliphatic carbocycles. The van der Waals surface area contributed by atoms with Gasteiger partial charge in [0.05, 0.1) is 17.1 Å². The number of aromatic nitrogens is 2. The van der Waals surface area contributed by atoms with E-state index in [9.17, 15) is 0 Å². The van der Waals surface area contributed by atoms with Crippen LogP contribution in [0.2, 0.25) is 0 Å². The largest absolute Gasteiger partial charge is 0.325 e. The Kier molecular flexibility index (Phi) is 3.12. The van der Waals surface area contributed by atoms with E-state index >= 15 is 0 Å². The Morgan fingerprint density at radius 1 is 0.895 bits per heavy atom. The van der Waals surface area contributed by atoms with Crippen LogP contribution in [0.3, 0.4) is 0 Å². The maximum atomic E-state index is 5.82. The zero-order valence-corrected chi connectivity index (χ0v) is 10.5. The molecule has 3 aromatic rings. The highest BCUT2D eigenvalue weighted by atomic mass is 15.3. The fraction of sp³-hybridized carbons (Fsp3) is 0.0625. The topological polar surface area (TPSA) is 43.8 Å². The SMILES string of the molecule is NCc1cc(-c2ccccc2)nn1-c1ccccc1.